The fourth-order valence-electron chi connectivity index (χ4n) is 4.51. The Bertz CT molecular complexity index is 1200. The molecule has 2 aromatic carbocycles. The molecule has 6 nitrogen and oxygen atoms in total. The number of phenols is 1. The molecule has 0 unspecified atom stereocenters. The smallest absolute Gasteiger partial charge is 0.232 e. The molecule has 5 rings (SSSR count). The van der Waals surface area contributed by atoms with E-state index in [0.29, 0.717) is 42.4 Å². The zero-order valence-corrected chi connectivity index (χ0v) is 17.9. The summed E-state index contributed by atoms with van der Waals surface area (Å²) >= 11 is 0. The molecule has 1 fully saturated rings. The number of hydrogen-bond donors (Lipinski definition) is 1. The molecule has 0 aliphatic carbocycles. The van der Waals surface area contributed by atoms with Crippen molar-refractivity contribution in [3.63, 3.8) is 0 Å². The van der Waals surface area contributed by atoms with E-state index in [1.165, 1.54) is 0 Å². The molecule has 0 atom stereocenters. The lowest BCUT2D eigenvalue weighted by Crippen LogP contribution is -2.35. The Labute approximate surface area is 181 Å². The number of ketones is 1. The van der Waals surface area contributed by atoms with Crippen LogP contribution in [0.1, 0.15) is 34.0 Å². The minimum Gasteiger partial charge on any atom is -0.507 e. The average Bonchev–Trinajstić information content (AvgIpc) is 3.30. The zero-order chi connectivity index (χ0) is 21.5. The summed E-state index contributed by atoms with van der Waals surface area (Å²) in [6.45, 7) is 8.21. The Morgan fingerprint density at radius 2 is 1.97 bits per heavy atom. The number of rotatable bonds is 4. The van der Waals surface area contributed by atoms with Gasteiger partial charge in [0.2, 0.25) is 5.78 Å². The molecule has 160 valence electrons. The molecule has 3 heterocycles. The van der Waals surface area contributed by atoms with Gasteiger partial charge in [-0.05, 0) is 37.6 Å². The summed E-state index contributed by atoms with van der Waals surface area (Å²) in [6.07, 6.45) is 3.88. The predicted octanol–water partition coefficient (Wildman–Crippen LogP) is 4.12. The van der Waals surface area contributed by atoms with Crippen LogP contribution in [0.5, 0.6) is 11.5 Å². The molecule has 3 aromatic rings. The van der Waals surface area contributed by atoms with Crippen LogP contribution in [0.25, 0.3) is 17.0 Å². The van der Waals surface area contributed by atoms with Crippen molar-refractivity contribution < 1.29 is 19.4 Å². The lowest BCUT2D eigenvalue weighted by molar-refractivity contribution is 0.0336. The number of carbonyl (C=O) groups is 1. The first-order valence-electron chi connectivity index (χ1n) is 10.7. The molecule has 0 amide bonds. The van der Waals surface area contributed by atoms with Crippen molar-refractivity contribution in [3.8, 4) is 11.5 Å². The Morgan fingerprint density at radius 3 is 2.74 bits per heavy atom. The Morgan fingerprint density at radius 1 is 1.19 bits per heavy atom. The van der Waals surface area contributed by atoms with E-state index in [4.69, 9.17) is 9.47 Å². The Balaban J connectivity index is 1.55. The number of Topliss-reactive ketones (excluding diaryl/α,β-unsaturated/α-hetero) is 1. The van der Waals surface area contributed by atoms with Crippen LogP contribution in [0.3, 0.4) is 0 Å². The van der Waals surface area contributed by atoms with E-state index in [9.17, 15) is 9.90 Å². The number of para-hydroxylation sites is 1. The second-order valence-corrected chi connectivity index (χ2v) is 8.11. The highest BCUT2D eigenvalue weighted by Gasteiger charge is 2.34. The van der Waals surface area contributed by atoms with Crippen LogP contribution in [0.4, 0.5) is 0 Å². The number of carbonyl (C=O) groups excluding carboxylic acids is 1. The molecular formula is C25H26N2O4. The number of aromatic hydroxyl groups is 1. The van der Waals surface area contributed by atoms with Gasteiger partial charge in [0.25, 0.3) is 0 Å². The van der Waals surface area contributed by atoms with Gasteiger partial charge in [-0.25, -0.2) is 0 Å². The predicted molar refractivity (Wildman–Crippen MR) is 119 cm³/mol. The third kappa shape index (κ3) is 3.42. The van der Waals surface area contributed by atoms with E-state index in [1.807, 2.05) is 25.1 Å². The number of ether oxygens (including phenoxy) is 2. The van der Waals surface area contributed by atoms with Gasteiger partial charge in [-0.2, -0.15) is 0 Å². The van der Waals surface area contributed by atoms with Crippen molar-refractivity contribution in [2.75, 3.05) is 26.3 Å². The largest absolute Gasteiger partial charge is 0.507 e. The van der Waals surface area contributed by atoms with Crippen LogP contribution >= 0.6 is 0 Å². The van der Waals surface area contributed by atoms with Crippen molar-refractivity contribution in [1.82, 2.24) is 9.47 Å². The summed E-state index contributed by atoms with van der Waals surface area (Å²) in [5, 5.41) is 11.7. The quantitative estimate of drug-likeness (QED) is 0.646. The van der Waals surface area contributed by atoms with Crippen molar-refractivity contribution in [2.45, 2.75) is 26.9 Å². The number of morpholine rings is 1. The maximum atomic E-state index is 13.3. The minimum atomic E-state index is -0.135. The van der Waals surface area contributed by atoms with Gasteiger partial charge in [0, 0.05) is 48.8 Å². The average molecular weight is 418 g/mol. The Hall–Kier alpha value is -3.09. The molecule has 1 saturated heterocycles. The van der Waals surface area contributed by atoms with E-state index in [-0.39, 0.29) is 11.5 Å². The molecular weight excluding hydrogens is 392 g/mol. The molecule has 0 radical (unpaired) electrons. The monoisotopic (exact) mass is 418 g/mol. The van der Waals surface area contributed by atoms with Gasteiger partial charge in [0.15, 0.2) is 5.76 Å². The summed E-state index contributed by atoms with van der Waals surface area (Å²) in [7, 11) is 0. The summed E-state index contributed by atoms with van der Waals surface area (Å²) < 4.78 is 13.7. The van der Waals surface area contributed by atoms with Crippen LogP contribution < -0.4 is 4.74 Å². The molecule has 31 heavy (non-hydrogen) atoms. The molecule has 0 saturated carbocycles. The summed E-state index contributed by atoms with van der Waals surface area (Å²) in [5.41, 5.74) is 4.01. The summed E-state index contributed by atoms with van der Waals surface area (Å²) in [4.78, 5) is 15.5. The van der Waals surface area contributed by atoms with Crippen LogP contribution in [0.15, 0.2) is 42.3 Å². The summed E-state index contributed by atoms with van der Waals surface area (Å²) in [6, 6.07) is 9.82. The van der Waals surface area contributed by atoms with Crippen LogP contribution in [-0.2, 0) is 17.8 Å². The fourth-order valence-corrected chi connectivity index (χ4v) is 4.51. The van der Waals surface area contributed by atoms with E-state index < -0.39 is 0 Å². The van der Waals surface area contributed by atoms with Gasteiger partial charge in [-0.3, -0.25) is 9.69 Å². The third-order valence-corrected chi connectivity index (χ3v) is 6.15. The van der Waals surface area contributed by atoms with Gasteiger partial charge in [0.05, 0.1) is 24.3 Å². The molecule has 1 aromatic heterocycles. The number of fused-ring (bicyclic) bond motifs is 2. The number of benzene rings is 2. The molecule has 0 bridgehead atoms. The number of hydrogen-bond acceptors (Lipinski definition) is 5. The molecule has 1 N–H and O–H groups in total. The summed E-state index contributed by atoms with van der Waals surface area (Å²) in [5.74, 6) is 0.814. The second-order valence-electron chi connectivity index (χ2n) is 8.11. The first-order valence-corrected chi connectivity index (χ1v) is 10.7. The highest BCUT2D eigenvalue weighted by Crippen LogP contribution is 2.42. The van der Waals surface area contributed by atoms with Gasteiger partial charge < -0.3 is 19.1 Å². The SMILES string of the molecule is CCn1cc(/C=C2\Oc3c(CN4CCOCC4)c(O)cc(C)c3C2=O)c2ccccc21. The van der Waals surface area contributed by atoms with Crippen LogP contribution in [-0.4, -0.2) is 46.7 Å². The lowest BCUT2D eigenvalue weighted by atomic mass is 9.99. The van der Waals surface area contributed by atoms with E-state index in [1.54, 1.807) is 6.07 Å². The first-order chi connectivity index (χ1) is 15.1. The number of aromatic nitrogens is 1. The maximum absolute atomic E-state index is 13.3. The van der Waals surface area contributed by atoms with E-state index in [2.05, 4.69) is 34.7 Å². The van der Waals surface area contributed by atoms with Gasteiger partial charge in [0.1, 0.15) is 11.5 Å². The minimum absolute atomic E-state index is 0.135. The highest BCUT2D eigenvalue weighted by molar-refractivity contribution is 6.16. The third-order valence-electron chi connectivity index (χ3n) is 6.15. The number of nitrogens with zero attached hydrogens (tertiary/aromatic N) is 2. The van der Waals surface area contributed by atoms with Crippen molar-refractivity contribution >= 4 is 22.8 Å². The lowest BCUT2D eigenvalue weighted by Gasteiger charge is -2.27. The highest BCUT2D eigenvalue weighted by atomic mass is 16.5. The van der Waals surface area contributed by atoms with Crippen LogP contribution in [0.2, 0.25) is 0 Å². The molecule has 2 aliphatic heterocycles. The number of allylic oxidation sites excluding steroid dienone is 1. The fraction of sp³-hybridized carbons (Fsp3) is 0.320. The number of aryl methyl sites for hydroxylation is 2. The normalized spacial score (nSPS) is 18.0. The topological polar surface area (TPSA) is 63.9 Å². The molecule has 2 aliphatic rings. The van der Waals surface area contributed by atoms with Crippen molar-refractivity contribution in [2.24, 2.45) is 0 Å². The van der Waals surface area contributed by atoms with E-state index >= 15 is 0 Å². The van der Waals surface area contributed by atoms with Crippen molar-refractivity contribution in [3.05, 3.63) is 64.5 Å². The first kappa shape index (κ1) is 19.8. The van der Waals surface area contributed by atoms with Gasteiger partial charge in [-0.15, -0.1) is 0 Å². The molecule has 0 spiro atoms. The zero-order valence-electron chi connectivity index (χ0n) is 17.9. The second kappa shape index (κ2) is 7.87. The van der Waals surface area contributed by atoms with Gasteiger partial charge in [-0.1, -0.05) is 18.2 Å². The van der Waals surface area contributed by atoms with Crippen LogP contribution in [0, 0.1) is 6.92 Å². The van der Waals surface area contributed by atoms with E-state index in [0.717, 1.165) is 41.7 Å². The van der Waals surface area contributed by atoms with Gasteiger partial charge >= 0.3 is 0 Å². The number of phenolic OH excluding ortho intramolecular Hbond substituents is 1. The standard InChI is InChI=1S/C25H26N2O4/c1-3-27-14-17(18-6-4-5-7-20(18)27)13-22-24(29)23-16(2)12-21(28)19(25(23)31-22)15-26-8-10-30-11-9-26/h4-7,12-14,28H,3,8-11,15H2,1-2H3/b22-13-. The molecule has 6 heteroatoms. The maximum Gasteiger partial charge on any atom is 0.232 e. The van der Waals surface area contributed by atoms with Crippen molar-refractivity contribution in [1.29, 1.82) is 0 Å². The Kier molecular flexibility index (Phi) is 5.04.